The standard InChI is InChI=1S/C37H41F2N7O3S.C7H12N2O2.C6H12.C4H11N/c1-36-16-29(41)28(15-31(36)37(36,38)39)32(42)35(48)45-26(17-40)18-43-33(23-8-3-2-4-9-23)25-19-46(20-25)12-5-6-13-49-27-11-7-10-24(14-27)34(47)30-21-50-22-44-30;10-6-8-5-7(11)9-3-1-2-4-9;1-2-4-6-5-3-1;1-4(2)5-3/h2-4,7-11,14,17-18,21-22,25,31,33,42H,5-6,12-13,15-16,19-20,40-41H2,1H3,(H,45,48);6H,1-5H2,(H,8,10);1-6H2;4-5H,1-3H3/b26-17+,42-32?,43-18?;;;. The molecule has 0 radical (unpaired) electrons. The molecule has 392 valence electrons. The highest BCUT2D eigenvalue weighted by atomic mass is 32.1. The molecule has 15 nitrogen and oxygen atoms in total. The number of rotatable bonds is 19. The van der Waals surface area contributed by atoms with Gasteiger partial charge >= 0.3 is 0 Å². The molecule has 2 saturated heterocycles. The van der Waals surface area contributed by atoms with Crippen LogP contribution in [0.4, 0.5) is 8.78 Å². The van der Waals surface area contributed by atoms with Gasteiger partial charge in [0.2, 0.25) is 18.1 Å². The minimum Gasteiger partial charge on any atom is -0.494 e. The van der Waals surface area contributed by atoms with Gasteiger partial charge in [-0.15, -0.1) is 11.3 Å². The lowest BCUT2D eigenvalue weighted by Gasteiger charge is -2.42. The van der Waals surface area contributed by atoms with Crippen LogP contribution in [0.1, 0.15) is 125 Å². The molecule has 2 aliphatic heterocycles. The summed E-state index contributed by atoms with van der Waals surface area (Å²) in [5, 5.41) is 18.1. The molecule has 3 aliphatic carbocycles. The second-order valence-electron chi connectivity index (χ2n) is 19.5. The van der Waals surface area contributed by atoms with E-state index in [2.05, 4.69) is 39.7 Å². The summed E-state index contributed by atoms with van der Waals surface area (Å²) < 4.78 is 34.5. The second-order valence-corrected chi connectivity index (χ2v) is 20.2. The van der Waals surface area contributed by atoms with Gasteiger partial charge in [-0.2, -0.15) is 0 Å². The van der Waals surface area contributed by atoms with Gasteiger partial charge in [0, 0.05) is 84.1 Å². The van der Waals surface area contributed by atoms with Gasteiger partial charge in [-0.1, -0.05) is 102 Å². The Morgan fingerprint density at radius 1 is 1.00 bits per heavy atom. The molecule has 5 aliphatic rings. The van der Waals surface area contributed by atoms with Crippen molar-refractivity contribution in [3.05, 3.63) is 105 Å². The van der Waals surface area contributed by atoms with E-state index in [-0.39, 0.29) is 60.0 Å². The summed E-state index contributed by atoms with van der Waals surface area (Å²) in [7, 11) is 1.95. The number of alkyl halides is 2. The van der Waals surface area contributed by atoms with Crippen LogP contribution in [-0.2, 0) is 14.4 Å². The number of aromatic nitrogens is 1. The smallest absolute Gasteiger partial charge is 0.273 e. The van der Waals surface area contributed by atoms with E-state index in [9.17, 15) is 28.0 Å². The number of amides is 3. The molecule has 72 heavy (non-hydrogen) atoms. The molecule has 1 aromatic heterocycles. The number of carbonyl (C=O) groups is 4. The van der Waals surface area contributed by atoms with Crippen molar-refractivity contribution in [2.75, 3.05) is 52.9 Å². The predicted octanol–water partition coefficient (Wildman–Crippen LogP) is 7.80. The Morgan fingerprint density at radius 2 is 1.67 bits per heavy atom. The topological polar surface area (TPSA) is 221 Å². The average Bonchev–Trinajstić information content (AvgIpc) is 3.99. The van der Waals surface area contributed by atoms with Crippen molar-refractivity contribution in [3.8, 4) is 5.75 Å². The fourth-order valence-corrected chi connectivity index (χ4v) is 9.73. The van der Waals surface area contributed by atoms with E-state index in [0.29, 0.717) is 36.1 Å². The first-order chi connectivity index (χ1) is 34.6. The van der Waals surface area contributed by atoms with Crippen molar-refractivity contribution in [3.63, 3.8) is 0 Å². The molecule has 18 heteroatoms. The number of ketones is 1. The zero-order valence-corrected chi connectivity index (χ0v) is 43.3. The third-order valence-electron chi connectivity index (χ3n) is 13.9. The van der Waals surface area contributed by atoms with Gasteiger partial charge in [0.25, 0.3) is 11.8 Å². The van der Waals surface area contributed by atoms with Gasteiger partial charge in [0.05, 0.1) is 30.4 Å². The van der Waals surface area contributed by atoms with Gasteiger partial charge in [0.15, 0.2) is 0 Å². The molecule has 0 spiro atoms. The van der Waals surface area contributed by atoms with Crippen molar-refractivity contribution >= 4 is 47.3 Å². The number of aliphatic imine (C=N–C) groups is 1. The largest absolute Gasteiger partial charge is 0.494 e. The SMILES string of the molecule is C1CCCCC1.CC12CC(N)=C(C(=N)C(=O)N/C(C=NC(c3ccccc3)C3CN(CCCCOc4cccc(C(=O)c5cscn5)c4)C3)=C/N)CC1C2(F)F.CNC(C)C.O=CNCC(=O)N1CCCC1. The molecule has 8 rings (SSSR count). The highest BCUT2D eigenvalue weighted by Crippen LogP contribution is 2.72. The number of thiazole rings is 1. The molecule has 3 amide bonds. The maximum atomic E-state index is 14.3. The predicted molar refractivity (Wildman–Crippen MR) is 281 cm³/mol. The first kappa shape index (κ1) is 57.1. The first-order valence-corrected chi connectivity index (χ1v) is 26.3. The normalized spacial score (nSPS) is 20.8. The molecule has 8 N–H and O–H groups in total. The van der Waals surface area contributed by atoms with E-state index in [0.717, 1.165) is 64.0 Å². The van der Waals surface area contributed by atoms with Crippen LogP contribution in [0.5, 0.6) is 5.75 Å². The number of hydrogen-bond acceptors (Lipinski definition) is 13. The number of likely N-dealkylation sites (tertiary alicyclic amines) is 2. The highest BCUT2D eigenvalue weighted by molar-refractivity contribution is 7.07. The molecular weight excluding hydrogens is 939 g/mol. The van der Waals surface area contributed by atoms with Crippen LogP contribution in [-0.4, -0.2) is 116 Å². The van der Waals surface area contributed by atoms with Crippen molar-refractivity contribution in [1.29, 1.82) is 5.41 Å². The maximum Gasteiger partial charge on any atom is 0.273 e. The van der Waals surface area contributed by atoms with Crippen molar-refractivity contribution in [1.82, 2.24) is 30.7 Å². The molecule has 2 aromatic carbocycles. The Labute approximate surface area is 428 Å². The third-order valence-corrected chi connectivity index (χ3v) is 14.5. The zero-order valence-electron chi connectivity index (χ0n) is 42.5. The van der Waals surface area contributed by atoms with Gasteiger partial charge in [0.1, 0.15) is 17.2 Å². The summed E-state index contributed by atoms with van der Waals surface area (Å²) in [6.45, 7) is 10.7. The molecule has 3 aromatic rings. The van der Waals surface area contributed by atoms with Gasteiger partial charge in [-0.05, 0) is 69.8 Å². The minimum atomic E-state index is -2.86. The number of carbonyl (C=O) groups excluding carboxylic acids is 4. The lowest BCUT2D eigenvalue weighted by molar-refractivity contribution is -0.130. The summed E-state index contributed by atoms with van der Waals surface area (Å²) in [5.41, 5.74) is 14.4. The van der Waals surface area contributed by atoms with E-state index in [4.69, 9.17) is 26.6 Å². The third kappa shape index (κ3) is 16.3. The lowest BCUT2D eigenvalue weighted by Crippen LogP contribution is -2.49. The Bertz CT molecular complexity index is 2300. The summed E-state index contributed by atoms with van der Waals surface area (Å²) in [5.74, 6) is -3.76. The molecule has 3 unspecified atom stereocenters. The number of hydrogen-bond donors (Lipinski definition) is 6. The Hall–Kier alpha value is -5.85. The fraction of sp³-hybridized carbons (Fsp3) is 0.537. The van der Waals surface area contributed by atoms with E-state index >= 15 is 0 Å². The number of benzene rings is 2. The van der Waals surface area contributed by atoms with Crippen LogP contribution < -0.4 is 32.2 Å². The van der Waals surface area contributed by atoms with Crippen molar-refractivity contribution in [2.24, 2.45) is 33.7 Å². The summed E-state index contributed by atoms with van der Waals surface area (Å²) in [4.78, 5) is 59.6. The van der Waals surface area contributed by atoms with E-state index in [1.807, 2.05) is 49.5 Å². The Morgan fingerprint density at radius 3 is 2.26 bits per heavy atom. The quantitative estimate of drug-likeness (QED) is 0.0296. The number of allylic oxidation sites excluding steroid dienone is 2. The maximum absolute atomic E-state index is 14.3. The summed E-state index contributed by atoms with van der Waals surface area (Å²) in [6.07, 6.45) is 16.1. The molecule has 4 fully saturated rings. The van der Waals surface area contributed by atoms with Crippen LogP contribution in [0.3, 0.4) is 0 Å². The van der Waals surface area contributed by atoms with Crippen LogP contribution in [0.25, 0.3) is 0 Å². The lowest BCUT2D eigenvalue weighted by atomic mass is 9.86. The average molecular weight is 1020 g/mol. The number of ether oxygens (including phenoxy) is 1. The van der Waals surface area contributed by atoms with Crippen LogP contribution in [0.15, 0.2) is 93.6 Å². The van der Waals surface area contributed by atoms with E-state index in [1.54, 1.807) is 27.9 Å². The van der Waals surface area contributed by atoms with E-state index < -0.39 is 28.9 Å². The monoisotopic (exact) mass is 1010 g/mol. The fourth-order valence-electron chi connectivity index (χ4n) is 9.19. The van der Waals surface area contributed by atoms with Gasteiger partial charge in [-0.25, -0.2) is 13.8 Å². The number of halogens is 2. The Kier molecular flexibility index (Phi) is 22.5. The van der Waals surface area contributed by atoms with Gasteiger partial charge in [-0.3, -0.25) is 29.6 Å². The van der Waals surface area contributed by atoms with Crippen molar-refractivity contribution < 1.29 is 32.7 Å². The second kappa shape index (κ2) is 28.4. The molecule has 2 saturated carbocycles. The van der Waals surface area contributed by atoms with Gasteiger partial charge < -0.3 is 42.0 Å². The minimum absolute atomic E-state index is 0.0228. The molecule has 3 atom stereocenters. The van der Waals surface area contributed by atoms with Crippen LogP contribution >= 0.6 is 11.3 Å². The molecule has 3 heterocycles. The number of nitrogens with one attached hydrogen (secondary N) is 4. The number of nitrogens with zero attached hydrogens (tertiary/aromatic N) is 4. The number of nitrogens with two attached hydrogens (primary N) is 2. The van der Waals surface area contributed by atoms with Crippen LogP contribution in [0, 0.1) is 22.7 Å². The first-order valence-electron chi connectivity index (χ1n) is 25.4. The molecular formula is C54H76F2N10O5S. The van der Waals surface area contributed by atoms with E-state index in [1.165, 1.54) is 69.2 Å². The van der Waals surface area contributed by atoms with Crippen LogP contribution in [0.2, 0.25) is 0 Å². The summed E-state index contributed by atoms with van der Waals surface area (Å²) >= 11 is 1.39. The van der Waals surface area contributed by atoms with Crippen molar-refractivity contribution in [2.45, 2.75) is 116 Å². The highest BCUT2D eigenvalue weighted by Gasteiger charge is 2.78. The molecule has 0 bridgehead atoms. The number of fused-ring (bicyclic) bond motifs is 1. The summed E-state index contributed by atoms with van der Waals surface area (Å²) in [6, 6.07) is 17.5. The zero-order chi connectivity index (χ0) is 52.1. The number of unbranched alkanes of at least 4 members (excludes halogenated alkanes) is 1. The Balaban J connectivity index is 0.000000359.